The highest BCUT2D eigenvalue weighted by molar-refractivity contribution is 5.97. The van der Waals surface area contributed by atoms with Gasteiger partial charge in [-0.3, -0.25) is 9.59 Å². The molecule has 1 aliphatic heterocycles. The molecule has 0 aliphatic carbocycles. The Morgan fingerprint density at radius 2 is 1.76 bits per heavy atom. The topological polar surface area (TPSA) is 73.7 Å². The third-order valence-corrected chi connectivity index (χ3v) is 5.33. The van der Waals surface area contributed by atoms with Crippen LogP contribution in [0.2, 0.25) is 0 Å². The van der Waals surface area contributed by atoms with Crippen LogP contribution in [-0.4, -0.2) is 47.9 Å². The Morgan fingerprint density at radius 3 is 2.34 bits per heavy atom. The van der Waals surface area contributed by atoms with E-state index in [2.05, 4.69) is 25.9 Å². The lowest BCUT2D eigenvalue weighted by molar-refractivity contribution is 0.0684. The average molecular weight is 399 g/mol. The number of methoxy groups -OCH3 is 2. The summed E-state index contributed by atoms with van der Waals surface area (Å²) in [5.41, 5.74) is 1.17. The van der Waals surface area contributed by atoms with E-state index in [0.29, 0.717) is 43.0 Å². The number of aromatic nitrogens is 2. The van der Waals surface area contributed by atoms with Gasteiger partial charge in [0.1, 0.15) is 11.5 Å². The average Bonchev–Trinajstić information content (AvgIpc) is 2.72. The minimum atomic E-state index is -0.128. The highest BCUT2D eigenvalue weighted by Gasteiger charge is 2.28. The Hall–Kier alpha value is -2.83. The van der Waals surface area contributed by atoms with Crippen molar-refractivity contribution in [2.24, 2.45) is 0 Å². The van der Waals surface area contributed by atoms with Crippen molar-refractivity contribution in [2.45, 2.75) is 45.1 Å². The van der Waals surface area contributed by atoms with E-state index >= 15 is 0 Å². The molecule has 7 heteroatoms. The summed E-state index contributed by atoms with van der Waals surface area (Å²) in [6.07, 6.45) is 1.37. The summed E-state index contributed by atoms with van der Waals surface area (Å²) < 4.78 is 12.2. The Balaban J connectivity index is 1.74. The Morgan fingerprint density at radius 1 is 1.07 bits per heavy atom. The number of piperidine rings is 1. The summed E-state index contributed by atoms with van der Waals surface area (Å²) in [5.74, 6) is 1.06. The predicted molar refractivity (Wildman–Crippen MR) is 111 cm³/mol. The first-order valence-electron chi connectivity index (χ1n) is 9.86. The van der Waals surface area contributed by atoms with Gasteiger partial charge in [0, 0.05) is 30.6 Å². The number of nitrogens with zero attached hydrogens (tertiary/aromatic N) is 3. The van der Waals surface area contributed by atoms with Crippen molar-refractivity contribution in [3.05, 3.63) is 51.9 Å². The van der Waals surface area contributed by atoms with E-state index in [0.717, 1.165) is 5.69 Å². The Labute approximate surface area is 171 Å². The molecule has 0 N–H and O–H groups in total. The number of hydrogen-bond acceptors (Lipinski definition) is 5. The van der Waals surface area contributed by atoms with Crippen molar-refractivity contribution in [2.75, 3.05) is 27.3 Å². The number of carbonyl (C=O) groups excluding carboxylic acids is 1. The van der Waals surface area contributed by atoms with E-state index in [1.54, 1.807) is 47.0 Å². The van der Waals surface area contributed by atoms with Gasteiger partial charge in [0.25, 0.3) is 11.5 Å². The van der Waals surface area contributed by atoms with E-state index in [1.165, 1.54) is 7.11 Å². The number of rotatable bonds is 4. The van der Waals surface area contributed by atoms with Gasteiger partial charge in [-0.15, -0.1) is 0 Å². The van der Waals surface area contributed by atoms with Crippen LogP contribution >= 0.6 is 0 Å². The number of hydrogen-bond donors (Lipinski definition) is 0. The summed E-state index contributed by atoms with van der Waals surface area (Å²) in [6, 6.07) is 8.57. The summed E-state index contributed by atoms with van der Waals surface area (Å²) in [5, 5.41) is 4.61. The van der Waals surface area contributed by atoms with Crippen LogP contribution in [0.3, 0.4) is 0 Å². The molecule has 0 bridgehead atoms. The van der Waals surface area contributed by atoms with Crippen LogP contribution in [0.15, 0.2) is 35.1 Å². The summed E-state index contributed by atoms with van der Waals surface area (Å²) in [4.78, 5) is 27.2. The monoisotopic (exact) mass is 399 g/mol. The first-order valence-corrected chi connectivity index (χ1v) is 9.86. The summed E-state index contributed by atoms with van der Waals surface area (Å²) >= 11 is 0. The molecule has 1 aromatic carbocycles. The molecule has 1 amide bonds. The SMILES string of the molecule is COc1ccc(C(=O)N2CCC(n3nc(C(C)(C)C)ccc3=O)CC2)c(OC)c1. The van der Waals surface area contributed by atoms with Gasteiger partial charge in [0.2, 0.25) is 0 Å². The lowest BCUT2D eigenvalue weighted by Crippen LogP contribution is -2.41. The van der Waals surface area contributed by atoms with Gasteiger partial charge in [0.15, 0.2) is 0 Å². The van der Waals surface area contributed by atoms with E-state index in [4.69, 9.17) is 9.47 Å². The zero-order chi connectivity index (χ0) is 21.2. The maximum absolute atomic E-state index is 13.0. The maximum Gasteiger partial charge on any atom is 0.267 e. The number of carbonyl (C=O) groups is 1. The van der Waals surface area contributed by atoms with Gasteiger partial charge in [-0.2, -0.15) is 5.10 Å². The summed E-state index contributed by atoms with van der Waals surface area (Å²) in [6.45, 7) is 7.36. The van der Waals surface area contributed by atoms with Crippen LogP contribution < -0.4 is 15.0 Å². The molecule has 1 aliphatic rings. The van der Waals surface area contributed by atoms with Gasteiger partial charge in [-0.25, -0.2) is 4.68 Å². The molecule has 0 atom stereocenters. The van der Waals surface area contributed by atoms with Crippen molar-refractivity contribution in [3.8, 4) is 11.5 Å². The van der Waals surface area contributed by atoms with Crippen molar-refractivity contribution >= 4 is 5.91 Å². The van der Waals surface area contributed by atoms with Gasteiger partial charge in [-0.1, -0.05) is 20.8 Å². The van der Waals surface area contributed by atoms with Crippen LogP contribution in [0.25, 0.3) is 0 Å². The van der Waals surface area contributed by atoms with Crippen LogP contribution in [0, 0.1) is 0 Å². The minimum absolute atomic E-state index is 0.00777. The number of amides is 1. The van der Waals surface area contributed by atoms with Crippen LogP contribution in [0.4, 0.5) is 0 Å². The number of benzene rings is 1. The predicted octanol–water partition coefficient (Wildman–Crippen LogP) is 3.04. The first kappa shape index (κ1) is 20.9. The van der Waals surface area contributed by atoms with Gasteiger partial charge in [0.05, 0.1) is 31.5 Å². The normalized spacial score (nSPS) is 15.3. The highest BCUT2D eigenvalue weighted by atomic mass is 16.5. The second-order valence-electron chi connectivity index (χ2n) is 8.34. The molecule has 7 nitrogen and oxygen atoms in total. The standard InChI is InChI=1S/C22H29N3O4/c1-22(2,3)19-8-9-20(26)25(23-19)15-10-12-24(13-11-15)21(27)17-7-6-16(28-4)14-18(17)29-5/h6-9,14-15H,10-13H2,1-5H3. The van der Waals surface area contributed by atoms with E-state index in [1.807, 2.05) is 0 Å². The molecule has 0 unspecified atom stereocenters. The molecule has 0 radical (unpaired) electrons. The molecule has 3 rings (SSSR count). The van der Waals surface area contributed by atoms with Crippen molar-refractivity contribution in [1.82, 2.24) is 14.7 Å². The molecule has 0 spiro atoms. The van der Waals surface area contributed by atoms with E-state index in [9.17, 15) is 9.59 Å². The second kappa shape index (κ2) is 8.27. The third kappa shape index (κ3) is 4.44. The molecule has 0 saturated carbocycles. The van der Waals surface area contributed by atoms with Crippen molar-refractivity contribution in [3.63, 3.8) is 0 Å². The zero-order valence-electron chi connectivity index (χ0n) is 17.8. The number of likely N-dealkylation sites (tertiary alicyclic amines) is 1. The van der Waals surface area contributed by atoms with Gasteiger partial charge >= 0.3 is 0 Å². The molecule has 2 aromatic rings. The van der Waals surface area contributed by atoms with Crippen molar-refractivity contribution < 1.29 is 14.3 Å². The third-order valence-electron chi connectivity index (χ3n) is 5.33. The van der Waals surface area contributed by atoms with Crippen LogP contribution in [-0.2, 0) is 5.41 Å². The molecule has 1 aromatic heterocycles. The fourth-order valence-electron chi connectivity index (χ4n) is 3.55. The second-order valence-corrected chi connectivity index (χ2v) is 8.34. The molecule has 1 fully saturated rings. The first-order chi connectivity index (χ1) is 13.7. The van der Waals surface area contributed by atoms with Gasteiger partial charge < -0.3 is 14.4 Å². The molecular weight excluding hydrogens is 370 g/mol. The fraction of sp³-hybridized carbons (Fsp3) is 0.500. The largest absolute Gasteiger partial charge is 0.497 e. The minimum Gasteiger partial charge on any atom is -0.497 e. The molecule has 29 heavy (non-hydrogen) atoms. The Bertz CT molecular complexity index is 938. The van der Waals surface area contributed by atoms with Crippen molar-refractivity contribution in [1.29, 1.82) is 0 Å². The molecule has 2 heterocycles. The van der Waals surface area contributed by atoms with Gasteiger partial charge in [-0.05, 0) is 31.0 Å². The Kier molecular flexibility index (Phi) is 5.96. The van der Waals surface area contributed by atoms with E-state index < -0.39 is 0 Å². The fourth-order valence-corrected chi connectivity index (χ4v) is 3.55. The van der Waals surface area contributed by atoms with Crippen LogP contribution in [0.5, 0.6) is 11.5 Å². The lowest BCUT2D eigenvalue weighted by Gasteiger charge is -2.33. The zero-order valence-corrected chi connectivity index (χ0v) is 17.8. The van der Waals surface area contributed by atoms with Crippen LogP contribution in [0.1, 0.15) is 55.7 Å². The smallest absolute Gasteiger partial charge is 0.267 e. The molecule has 1 saturated heterocycles. The molecular formula is C22H29N3O4. The molecule has 156 valence electrons. The highest BCUT2D eigenvalue weighted by Crippen LogP contribution is 2.28. The maximum atomic E-state index is 13.0. The number of ether oxygens (including phenoxy) is 2. The lowest BCUT2D eigenvalue weighted by atomic mass is 9.92. The van der Waals surface area contributed by atoms with E-state index in [-0.39, 0.29) is 22.9 Å². The quantitative estimate of drug-likeness (QED) is 0.790. The summed E-state index contributed by atoms with van der Waals surface area (Å²) in [7, 11) is 3.11.